The van der Waals surface area contributed by atoms with E-state index in [4.69, 9.17) is 0 Å². The van der Waals surface area contributed by atoms with Crippen molar-refractivity contribution in [2.75, 3.05) is 5.32 Å². The van der Waals surface area contributed by atoms with Gasteiger partial charge in [-0.05, 0) is 68.8 Å². The summed E-state index contributed by atoms with van der Waals surface area (Å²) in [5, 5.41) is 10.0. The third-order valence-corrected chi connectivity index (χ3v) is 4.55. The van der Waals surface area contributed by atoms with Crippen LogP contribution in [-0.4, -0.2) is 21.6 Å². The number of benzene rings is 2. The van der Waals surface area contributed by atoms with Crippen LogP contribution in [0.25, 0.3) is 0 Å². The van der Waals surface area contributed by atoms with Gasteiger partial charge in [-0.1, -0.05) is 12.1 Å². The number of hydrogen-bond acceptors (Lipinski definition) is 3. The molecule has 2 N–H and O–H groups in total. The van der Waals surface area contributed by atoms with Gasteiger partial charge in [0.2, 0.25) is 5.91 Å². The standard InChI is InChI=1S/C22H23FN4O2/c1-14-12-15(2)27(26-14)13-21(28)24-16(3)17-6-10-20(11-7-17)25-22(29)18-4-8-19(23)9-5-18/h4-12,16H,13H2,1-3H3,(H,24,28)(H,25,29). The Morgan fingerprint density at radius 1 is 1.07 bits per heavy atom. The fraction of sp³-hybridized carbons (Fsp3) is 0.227. The summed E-state index contributed by atoms with van der Waals surface area (Å²) in [7, 11) is 0. The Morgan fingerprint density at radius 2 is 1.72 bits per heavy atom. The first-order valence-corrected chi connectivity index (χ1v) is 9.29. The molecule has 1 atom stereocenters. The summed E-state index contributed by atoms with van der Waals surface area (Å²) in [5.41, 5.74) is 3.71. The molecule has 2 aromatic carbocycles. The van der Waals surface area contributed by atoms with Gasteiger partial charge in [0.25, 0.3) is 5.91 Å². The summed E-state index contributed by atoms with van der Waals surface area (Å²) >= 11 is 0. The normalized spacial score (nSPS) is 11.7. The fourth-order valence-electron chi connectivity index (χ4n) is 3.00. The van der Waals surface area contributed by atoms with Crippen LogP contribution in [0.15, 0.2) is 54.6 Å². The molecule has 1 aromatic heterocycles. The summed E-state index contributed by atoms with van der Waals surface area (Å²) in [6, 6.07) is 14.3. The lowest BCUT2D eigenvalue weighted by atomic mass is 10.1. The van der Waals surface area contributed by atoms with Crippen LogP contribution in [0.5, 0.6) is 0 Å². The minimum Gasteiger partial charge on any atom is -0.348 e. The molecule has 3 aromatic rings. The summed E-state index contributed by atoms with van der Waals surface area (Å²) in [4.78, 5) is 24.5. The molecule has 0 saturated carbocycles. The van der Waals surface area contributed by atoms with Gasteiger partial charge in [-0.2, -0.15) is 5.10 Å². The molecule has 0 spiro atoms. The highest BCUT2D eigenvalue weighted by Crippen LogP contribution is 2.17. The van der Waals surface area contributed by atoms with E-state index in [9.17, 15) is 14.0 Å². The minimum absolute atomic E-state index is 0.127. The number of aromatic nitrogens is 2. The lowest BCUT2D eigenvalue weighted by Crippen LogP contribution is -2.30. The zero-order valence-corrected chi connectivity index (χ0v) is 16.6. The molecule has 0 aliphatic heterocycles. The molecule has 1 unspecified atom stereocenters. The number of nitrogens with one attached hydrogen (secondary N) is 2. The number of rotatable bonds is 6. The first kappa shape index (κ1) is 20.3. The molecule has 7 heteroatoms. The molecule has 0 radical (unpaired) electrons. The quantitative estimate of drug-likeness (QED) is 0.668. The predicted molar refractivity (Wildman–Crippen MR) is 109 cm³/mol. The molecule has 0 saturated heterocycles. The second-order valence-corrected chi connectivity index (χ2v) is 6.96. The average Bonchev–Trinajstić information content (AvgIpc) is 2.99. The highest BCUT2D eigenvalue weighted by Gasteiger charge is 2.12. The maximum absolute atomic E-state index is 13.0. The maximum Gasteiger partial charge on any atom is 0.255 e. The van der Waals surface area contributed by atoms with Crippen LogP contribution in [0.3, 0.4) is 0 Å². The van der Waals surface area contributed by atoms with Gasteiger partial charge in [-0.15, -0.1) is 0 Å². The van der Waals surface area contributed by atoms with Crippen molar-refractivity contribution in [3.05, 3.63) is 82.9 Å². The molecular weight excluding hydrogens is 371 g/mol. The van der Waals surface area contributed by atoms with Gasteiger partial charge in [0.1, 0.15) is 12.4 Å². The van der Waals surface area contributed by atoms with Crippen LogP contribution in [0.1, 0.15) is 40.3 Å². The van der Waals surface area contributed by atoms with Gasteiger partial charge in [0.15, 0.2) is 0 Å². The largest absolute Gasteiger partial charge is 0.348 e. The second-order valence-electron chi connectivity index (χ2n) is 6.96. The van der Waals surface area contributed by atoms with Gasteiger partial charge in [0, 0.05) is 16.9 Å². The number of amides is 2. The summed E-state index contributed by atoms with van der Waals surface area (Å²) in [6.45, 7) is 5.86. The van der Waals surface area contributed by atoms with Crippen LogP contribution >= 0.6 is 0 Å². The van der Waals surface area contributed by atoms with Crippen molar-refractivity contribution < 1.29 is 14.0 Å². The maximum atomic E-state index is 13.0. The Balaban J connectivity index is 1.57. The molecule has 2 amide bonds. The highest BCUT2D eigenvalue weighted by atomic mass is 19.1. The van der Waals surface area contributed by atoms with E-state index in [0.717, 1.165) is 17.0 Å². The zero-order chi connectivity index (χ0) is 21.0. The average molecular weight is 394 g/mol. The summed E-state index contributed by atoms with van der Waals surface area (Å²) in [5.74, 6) is -0.832. The number of anilines is 1. The number of nitrogens with zero attached hydrogens (tertiary/aromatic N) is 2. The molecule has 29 heavy (non-hydrogen) atoms. The van der Waals surface area contributed by atoms with Crippen molar-refractivity contribution in [1.29, 1.82) is 0 Å². The van der Waals surface area contributed by atoms with E-state index >= 15 is 0 Å². The Morgan fingerprint density at radius 3 is 2.31 bits per heavy atom. The molecule has 0 aliphatic carbocycles. The van der Waals surface area contributed by atoms with E-state index in [1.165, 1.54) is 24.3 Å². The van der Waals surface area contributed by atoms with Crippen molar-refractivity contribution in [2.24, 2.45) is 0 Å². The van der Waals surface area contributed by atoms with Crippen molar-refractivity contribution in [3.8, 4) is 0 Å². The molecule has 1 heterocycles. The smallest absolute Gasteiger partial charge is 0.255 e. The van der Waals surface area contributed by atoms with Crippen LogP contribution in [0.4, 0.5) is 10.1 Å². The first-order chi connectivity index (χ1) is 13.8. The minimum atomic E-state index is -0.389. The van der Waals surface area contributed by atoms with Crippen LogP contribution < -0.4 is 10.6 Å². The zero-order valence-electron chi connectivity index (χ0n) is 16.6. The molecular formula is C22H23FN4O2. The number of carbonyl (C=O) groups excluding carboxylic acids is 2. The topological polar surface area (TPSA) is 76.0 Å². The Labute approximate surface area is 168 Å². The third-order valence-electron chi connectivity index (χ3n) is 4.55. The SMILES string of the molecule is Cc1cc(C)n(CC(=O)NC(C)c2ccc(NC(=O)c3ccc(F)cc3)cc2)n1. The van der Waals surface area contributed by atoms with Crippen LogP contribution in [0.2, 0.25) is 0 Å². The molecule has 0 aliphatic rings. The van der Waals surface area contributed by atoms with Crippen molar-refractivity contribution in [1.82, 2.24) is 15.1 Å². The van der Waals surface area contributed by atoms with Gasteiger partial charge >= 0.3 is 0 Å². The number of halogens is 1. The van der Waals surface area contributed by atoms with Crippen LogP contribution in [0, 0.1) is 19.7 Å². The van der Waals surface area contributed by atoms with E-state index in [1.807, 2.05) is 39.0 Å². The Hall–Kier alpha value is -3.48. The lowest BCUT2D eigenvalue weighted by molar-refractivity contribution is -0.122. The van der Waals surface area contributed by atoms with Crippen molar-refractivity contribution in [2.45, 2.75) is 33.4 Å². The van der Waals surface area contributed by atoms with E-state index in [1.54, 1.807) is 16.8 Å². The third kappa shape index (κ3) is 5.28. The summed E-state index contributed by atoms with van der Waals surface area (Å²) < 4.78 is 14.6. The number of carbonyl (C=O) groups is 2. The first-order valence-electron chi connectivity index (χ1n) is 9.29. The van der Waals surface area contributed by atoms with Gasteiger partial charge in [-0.25, -0.2) is 4.39 Å². The molecule has 150 valence electrons. The van der Waals surface area contributed by atoms with Gasteiger partial charge in [0.05, 0.1) is 11.7 Å². The van der Waals surface area contributed by atoms with Crippen LogP contribution in [-0.2, 0) is 11.3 Å². The Kier molecular flexibility index (Phi) is 6.07. The molecule has 0 fully saturated rings. The van der Waals surface area contributed by atoms with E-state index in [-0.39, 0.29) is 30.2 Å². The van der Waals surface area contributed by atoms with E-state index in [0.29, 0.717) is 11.3 Å². The fourth-order valence-corrected chi connectivity index (χ4v) is 3.00. The highest BCUT2D eigenvalue weighted by molar-refractivity contribution is 6.04. The van der Waals surface area contributed by atoms with Gasteiger partial charge in [-0.3, -0.25) is 14.3 Å². The monoisotopic (exact) mass is 394 g/mol. The lowest BCUT2D eigenvalue weighted by Gasteiger charge is -2.15. The van der Waals surface area contributed by atoms with E-state index < -0.39 is 0 Å². The molecule has 6 nitrogen and oxygen atoms in total. The second kappa shape index (κ2) is 8.68. The number of aryl methyl sites for hydroxylation is 2. The van der Waals surface area contributed by atoms with Crippen molar-refractivity contribution in [3.63, 3.8) is 0 Å². The number of hydrogen-bond donors (Lipinski definition) is 2. The van der Waals surface area contributed by atoms with E-state index in [2.05, 4.69) is 15.7 Å². The van der Waals surface area contributed by atoms with Crippen molar-refractivity contribution >= 4 is 17.5 Å². The molecule has 3 rings (SSSR count). The van der Waals surface area contributed by atoms with Gasteiger partial charge < -0.3 is 10.6 Å². The predicted octanol–water partition coefficient (Wildman–Crippen LogP) is 3.77. The molecule has 0 bridgehead atoms. The Bertz CT molecular complexity index is 1010. The summed E-state index contributed by atoms with van der Waals surface area (Å²) in [6.07, 6.45) is 0.